The number of hydrogen-bond acceptors (Lipinski definition) is 3. The fourth-order valence-electron chi connectivity index (χ4n) is 3.07. The number of aliphatic carboxylic acids is 1. The highest BCUT2D eigenvalue weighted by Crippen LogP contribution is 2.43. The summed E-state index contributed by atoms with van der Waals surface area (Å²) >= 11 is 1.84. The summed E-state index contributed by atoms with van der Waals surface area (Å²) in [4.78, 5) is 11.1. The van der Waals surface area contributed by atoms with Gasteiger partial charge >= 0.3 is 5.97 Å². The van der Waals surface area contributed by atoms with Crippen molar-refractivity contribution in [2.24, 2.45) is 11.8 Å². The molecule has 1 spiro atoms. The summed E-state index contributed by atoms with van der Waals surface area (Å²) < 4.78 is 0. The Labute approximate surface area is 108 Å². The van der Waals surface area contributed by atoms with Gasteiger partial charge in [0.2, 0.25) is 0 Å². The zero-order valence-electron chi connectivity index (χ0n) is 10.7. The molecular formula is C13H23NO2S. The lowest BCUT2D eigenvalue weighted by molar-refractivity contribution is -0.138. The number of rotatable bonds is 2. The van der Waals surface area contributed by atoms with Crippen LogP contribution in [0.4, 0.5) is 0 Å². The van der Waals surface area contributed by atoms with E-state index in [1.807, 2.05) is 11.8 Å². The Morgan fingerprint density at radius 2 is 2.18 bits per heavy atom. The van der Waals surface area contributed by atoms with Crippen molar-refractivity contribution in [1.82, 2.24) is 5.32 Å². The molecule has 3 nitrogen and oxygen atoms in total. The van der Waals surface area contributed by atoms with Crippen LogP contribution in [-0.4, -0.2) is 27.7 Å². The van der Waals surface area contributed by atoms with Crippen molar-refractivity contribution in [1.29, 1.82) is 0 Å². The van der Waals surface area contributed by atoms with Crippen LogP contribution >= 0.6 is 11.8 Å². The van der Waals surface area contributed by atoms with Crippen LogP contribution in [0.2, 0.25) is 0 Å². The summed E-state index contributed by atoms with van der Waals surface area (Å²) in [5.41, 5.74) is 0. The molecule has 3 atom stereocenters. The highest BCUT2D eigenvalue weighted by atomic mass is 32.2. The van der Waals surface area contributed by atoms with E-state index in [4.69, 9.17) is 5.11 Å². The predicted octanol–water partition coefficient (Wildman–Crippen LogP) is 2.71. The monoisotopic (exact) mass is 257 g/mol. The minimum Gasteiger partial charge on any atom is -0.480 e. The Kier molecular flexibility index (Phi) is 4.03. The fourth-order valence-corrected chi connectivity index (χ4v) is 4.56. The van der Waals surface area contributed by atoms with Crippen molar-refractivity contribution in [3.8, 4) is 0 Å². The molecule has 0 aromatic rings. The summed E-state index contributed by atoms with van der Waals surface area (Å²) in [5, 5.41) is 12.4. The predicted molar refractivity (Wildman–Crippen MR) is 71.2 cm³/mol. The molecule has 1 saturated carbocycles. The normalized spacial score (nSPS) is 38.5. The summed E-state index contributed by atoms with van der Waals surface area (Å²) in [5.74, 6) is 1.60. The Bertz CT molecular complexity index is 295. The maximum absolute atomic E-state index is 11.0. The van der Waals surface area contributed by atoms with Gasteiger partial charge in [0.1, 0.15) is 6.04 Å². The third kappa shape index (κ3) is 2.97. The first kappa shape index (κ1) is 13.2. The van der Waals surface area contributed by atoms with Crippen LogP contribution in [0.25, 0.3) is 0 Å². The van der Waals surface area contributed by atoms with Crippen LogP contribution in [0.1, 0.15) is 46.0 Å². The van der Waals surface area contributed by atoms with Gasteiger partial charge in [0.05, 0.1) is 4.87 Å². The zero-order chi connectivity index (χ0) is 12.5. The smallest absolute Gasteiger partial charge is 0.321 e. The van der Waals surface area contributed by atoms with Crippen molar-refractivity contribution in [3.63, 3.8) is 0 Å². The standard InChI is InChI=1S/C13H23NO2S/c1-9(2)10-4-3-6-13(7-5-10)14-11(8-17-13)12(15)16/h9-11,14H,3-8H2,1-2H3,(H,15,16). The van der Waals surface area contributed by atoms with Gasteiger partial charge in [-0.15, -0.1) is 11.8 Å². The summed E-state index contributed by atoms with van der Waals surface area (Å²) in [6.07, 6.45) is 6.04. The molecule has 0 aromatic heterocycles. The molecule has 2 fully saturated rings. The Morgan fingerprint density at radius 1 is 1.41 bits per heavy atom. The minimum absolute atomic E-state index is 0.0622. The average molecular weight is 257 g/mol. The molecule has 4 heteroatoms. The Hall–Kier alpha value is -0.220. The molecule has 1 aliphatic heterocycles. The molecule has 0 bridgehead atoms. The highest BCUT2D eigenvalue weighted by molar-refractivity contribution is 8.00. The second-order valence-electron chi connectivity index (χ2n) is 5.78. The van der Waals surface area contributed by atoms with Gasteiger partial charge < -0.3 is 5.11 Å². The third-order valence-electron chi connectivity index (χ3n) is 4.28. The maximum Gasteiger partial charge on any atom is 0.321 e. The van der Waals surface area contributed by atoms with Crippen LogP contribution < -0.4 is 5.32 Å². The first-order chi connectivity index (χ1) is 8.02. The van der Waals surface area contributed by atoms with E-state index in [1.165, 1.54) is 19.3 Å². The van der Waals surface area contributed by atoms with Crippen molar-refractivity contribution in [3.05, 3.63) is 0 Å². The van der Waals surface area contributed by atoms with Crippen LogP contribution in [0.5, 0.6) is 0 Å². The molecule has 0 radical (unpaired) electrons. The minimum atomic E-state index is -0.695. The molecule has 3 unspecified atom stereocenters. The van der Waals surface area contributed by atoms with E-state index in [0.29, 0.717) is 0 Å². The number of thioether (sulfide) groups is 1. The van der Waals surface area contributed by atoms with Crippen LogP contribution in [0, 0.1) is 11.8 Å². The first-order valence-corrected chi connectivity index (χ1v) is 7.65. The molecule has 2 N–H and O–H groups in total. The number of carbonyl (C=O) groups is 1. The average Bonchev–Trinajstić information content (AvgIpc) is 2.55. The molecule has 0 amide bonds. The second-order valence-corrected chi connectivity index (χ2v) is 7.18. The topological polar surface area (TPSA) is 49.3 Å². The molecule has 0 aromatic carbocycles. The molecule has 17 heavy (non-hydrogen) atoms. The van der Waals surface area contributed by atoms with Crippen molar-refractivity contribution in [2.75, 3.05) is 5.75 Å². The van der Waals surface area contributed by atoms with Crippen LogP contribution in [0.3, 0.4) is 0 Å². The van der Waals surface area contributed by atoms with Gasteiger partial charge in [0.25, 0.3) is 0 Å². The van der Waals surface area contributed by atoms with E-state index in [2.05, 4.69) is 19.2 Å². The zero-order valence-corrected chi connectivity index (χ0v) is 11.6. The van der Waals surface area contributed by atoms with Gasteiger partial charge in [-0.1, -0.05) is 26.7 Å². The van der Waals surface area contributed by atoms with E-state index >= 15 is 0 Å². The van der Waals surface area contributed by atoms with Gasteiger partial charge in [-0.3, -0.25) is 10.1 Å². The van der Waals surface area contributed by atoms with Gasteiger partial charge in [-0.2, -0.15) is 0 Å². The lowest BCUT2D eigenvalue weighted by atomic mass is 9.89. The van der Waals surface area contributed by atoms with Crippen molar-refractivity contribution < 1.29 is 9.90 Å². The lowest BCUT2D eigenvalue weighted by Gasteiger charge is -2.28. The molecule has 2 aliphatic rings. The van der Waals surface area contributed by atoms with E-state index in [9.17, 15) is 4.79 Å². The van der Waals surface area contributed by atoms with Gasteiger partial charge in [-0.05, 0) is 31.1 Å². The fraction of sp³-hybridized carbons (Fsp3) is 0.923. The van der Waals surface area contributed by atoms with Gasteiger partial charge in [0, 0.05) is 5.75 Å². The van der Waals surface area contributed by atoms with E-state index < -0.39 is 5.97 Å². The maximum atomic E-state index is 11.0. The van der Waals surface area contributed by atoms with Crippen molar-refractivity contribution in [2.45, 2.75) is 56.9 Å². The number of carboxylic acid groups (broad SMARTS) is 1. The van der Waals surface area contributed by atoms with E-state index in [1.54, 1.807) is 0 Å². The van der Waals surface area contributed by atoms with Crippen LogP contribution in [0.15, 0.2) is 0 Å². The SMILES string of the molecule is CC(C)C1CCCC2(CC1)NC(C(=O)O)CS2. The molecular weight excluding hydrogens is 234 g/mol. The van der Waals surface area contributed by atoms with Gasteiger partial charge in [0.15, 0.2) is 0 Å². The quantitative estimate of drug-likeness (QED) is 0.798. The van der Waals surface area contributed by atoms with Crippen molar-refractivity contribution >= 4 is 17.7 Å². The summed E-state index contributed by atoms with van der Waals surface area (Å²) in [7, 11) is 0. The number of carboxylic acids is 1. The van der Waals surface area contributed by atoms with Gasteiger partial charge in [-0.25, -0.2) is 0 Å². The molecule has 98 valence electrons. The molecule has 2 rings (SSSR count). The van der Waals surface area contributed by atoms with Crippen LogP contribution in [-0.2, 0) is 4.79 Å². The molecule has 1 aliphatic carbocycles. The second kappa shape index (κ2) is 5.19. The third-order valence-corrected chi connectivity index (χ3v) is 5.86. The molecule has 1 saturated heterocycles. The highest BCUT2D eigenvalue weighted by Gasteiger charge is 2.42. The van der Waals surface area contributed by atoms with E-state index in [0.717, 1.165) is 30.4 Å². The van der Waals surface area contributed by atoms with E-state index in [-0.39, 0.29) is 10.9 Å². The first-order valence-electron chi connectivity index (χ1n) is 6.67. The largest absolute Gasteiger partial charge is 0.480 e. The Morgan fingerprint density at radius 3 is 2.76 bits per heavy atom. The Balaban J connectivity index is 1.97. The molecule has 1 heterocycles. The summed E-state index contributed by atoms with van der Waals surface area (Å²) in [6, 6.07) is -0.337. The number of hydrogen-bond donors (Lipinski definition) is 2. The lowest BCUT2D eigenvalue weighted by Crippen LogP contribution is -2.44. The number of nitrogens with one attached hydrogen (secondary N) is 1. The summed E-state index contributed by atoms with van der Waals surface area (Å²) in [6.45, 7) is 4.61.